The summed E-state index contributed by atoms with van der Waals surface area (Å²) < 4.78 is 5.32. The van der Waals surface area contributed by atoms with Crippen molar-refractivity contribution in [2.75, 3.05) is 0 Å². The first-order valence-corrected chi connectivity index (χ1v) is 8.31. The van der Waals surface area contributed by atoms with Gasteiger partial charge in [0.25, 0.3) is 0 Å². The van der Waals surface area contributed by atoms with Crippen molar-refractivity contribution in [3.8, 4) is 5.75 Å². The fourth-order valence-electron chi connectivity index (χ4n) is 2.15. The molecule has 1 heterocycles. The van der Waals surface area contributed by atoms with Gasteiger partial charge in [-0.1, -0.05) is 11.6 Å². The molecule has 2 rings (SSSR count). The topological polar surface area (TPSA) is 106 Å². The molecule has 0 unspecified atom stereocenters. The summed E-state index contributed by atoms with van der Waals surface area (Å²) in [6.45, 7) is 8.96. The zero-order valence-corrected chi connectivity index (χ0v) is 16.1. The molecule has 0 atom stereocenters. The molecule has 0 bridgehead atoms. The maximum atomic E-state index is 10.7. The molecular formula is C17H22BClN2O5. The van der Waals surface area contributed by atoms with Gasteiger partial charge in [0.2, 0.25) is 0 Å². The molecule has 0 spiro atoms. The monoisotopic (exact) mass is 380 g/mol. The Labute approximate surface area is 157 Å². The van der Waals surface area contributed by atoms with Crippen LogP contribution in [0.5, 0.6) is 5.75 Å². The molecule has 7 nitrogen and oxygen atoms in total. The van der Waals surface area contributed by atoms with E-state index in [1.165, 1.54) is 12.1 Å². The summed E-state index contributed by atoms with van der Waals surface area (Å²) in [5.41, 5.74) is 2.71. The summed E-state index contributed by atoms with van der Waals surface area (Å²) in [5.74, 6) is 0.214. The maximum absolute atomic E-state index is 10.7. The molecule has 1 aromatic heterocycles. The minimum atomic E-state index is -1.39. The van der Waals surface area contributed by atoms with Crippen molar-refractivity contribution >= 4 is 29.9 Å². The van der Waals surface area contributed by atoms with Gasteiger partial charge in [-0.3, -0.25) is 15.1 Å². The Kier molecular flexibility index (Phi) is 8.01. The van der Waals surface area contributed by atoms with Crippen molar-refractivity contribution in [1.82, 2.24) is 4.98 Å². The lowest BCUT2D eigenvalue weighted by Gasteiger charge is -2.10. The molecule has 2 aromatic rings. The lowest BCUT2D eigenvalue weighted by Crippen LogP contribution is -2.30. The highest BCUT2D eigenvalue weighted by molar-refractivity contribution is 6.58. The first-order chi connectivity index (χ1) is 12.0. The van der Waals surface area contributed by atoms with E-state index in [0.717, 1.165) is 11.4 Å². The SMILES string of the molecule is Cc1cc(B(O)O)cc(C)n1.Cc1cc([N+](=O)[O-])c(OC(C)C)cc1Cl. The van der Waals surface area contributed by atoms with Crippen LogP contribution < -0.4 is 10.2 Å². The number of hydrogen-bond acceptors (Lipinski definition) is 6. The first-order valence-electron chi connectivity index (χ1n) is 7.93. The second kappa shape index (κ2) is 9.52. The third-order valence-corrected chi connectivity index (χ3v) is 3.61. The molecule has 0 amide bonds. The van der Waals surface area contributed by atoms with Gasteiger partial charge in [-0.05, 0) is 57.8 Å². The fraction of sp³-hybridized carbons (Fsp3) is 0.353. The average Bonchev–Trinajstić information content (AvgIpc) is 2.49. The van der Waals surface area contributed by atoms with E-state index in [1.54, 1.807) is 32.9 Å². The van der Waals surface area contributed by atoms with Gasteiger partial charge in [0.05, 0.1) is 11.0 Å². The van der Waals surface area contributed by atoms with Gasteiger partial charge in [0.1, 0.15) is 0 Å². The second-order valence-corrected chi connectivity index (χ2v) is 6.46. The van der Waals surface area contributed by atoms with Gasteiger partial charge in [-0.25, -0.2) is 0 Å². The van der Waals surface area contributed by atoms with Crippen LogP contribution in [0, 0.1) is 30.9 Å². The van der Waals surface area contributed by atoms with Crippen molar-refractivity contribution in [3.05, 3.63) is 56.4 Å². The summed E-state index contributed by atoms with van der Waals surface area (Å²) in [5, 5.41) is 28.8. The molecule has 2 N–H and O–H groups in total. The quantitative estimate of drug-likeness (QED) is 0.480. The van der Waals surface area contributed by atoms with Crippen molar-refractivity contribution < 1.29 is 19.7 Å². The Morgan fingerprint density at radius 1 is 1.15 bits per heavy atom. The number of rotatable bonds is 4. The Bertz CT molecular complexity index is 764. The van der Waals surface area contributed by atoms with Crippen LogP contribution in [0.3, 0.4) is 0 Å². The van der Waals surface area contributed by atoms with Gasteiger partial charge < -0.3 is 14.8 Å². The van der Waals surface area contributed by atoms with E-state index in [1.807, 2.05) is 13.8 Å². The summed E-state index contributed by atoms with van der Waals surface area (Å²) >= 11 is 5.87. The minimum absolute atomic E-state index is 0.0504. The number of nitro benzene ring substituents is 1. The van der Waals surface area contributed by atoms with E-state index in [9.17, 15) is 10.1 Å². The molecule has 0 fully saturated rings. The third kappa shape index (κ3) is 6.63. The summed E-state index contributed by atoms with van der Waals surface area (Å²) in [6, 6.07) is 6.20. The smallest absolute Gasteiger partial charge is 0.484 e. The molecule has 140 valence electrons. The van der Waals surface area contributed by atoms with Gasteiger partial charge in [0, 0.05) is 28.5 Å². The van der Waals surface area contributed by atoms with E-state index in [-0.39, 0.29) is 17.5 Å². The van der Waals surface area contributed by atoms with Crippen LogP contribution in [-0.4, -0.2) is 33.2 Å². The Hall–Kier alpha value is -2.16. The second-order valence-electron chi connectivity index (χ2n) is 6.05. The van der Waals surface area contributed by atoms with Crippen LogP contribution in [0.4, 0.5) is 5.69 Å². The molecule has 0 radical (unpaired) electrons. The highest BCUT2D eigenvalue weighted by Gasteiger charge is 2.18. The number of ether oxygens (including phenoxy) is 1. The van der Waals surface area contributed by atoms with Crippen LogP contribution >= 0.6 is 11.6 Å². The van der Waals surface area contributed by atoms with E-state index in [0.29, 0.717) is 16.0 Å². The number of benzene rings is 1. The lowest BCUT2D eigenvalue weighted by molar-refractivity contribution is -0.386. The highest BCUT2D eigenvalue weighted by Crippen LogP contribution is 2.33. The van der Waals surface area contributed by atoms with E-state index < -0.39 is 12.0 Å². The number of halogens is 1. The Balaban J connectivity index is 0.000000273. The van der Waals surface area contributed by atoms with Crippen molar-refractivity contribution in [1.29, 1.82) is 0 Å². The molecule has 0 aliphatic heterocycles. The zero-order valence-electron chi connectivity index (χ0n) is 15.4. The number of nitro groups is 1. The molecule has 0 aliphatic carbocycles. The minimum Gasteiger partial charge on any atom is -0.484 e. The van der Waals surface area contributed by atoms with Crippen LogP contribution in [0.25, 0.3) is 0 Å². The summed E-state index contributed by atoms with van der Waals surface area (Å²) in [7, 11) is -1.39. The predicted molar refractivity (Wildman–Crippen MR) is 102 cm³/mol. The molecule has 0 saturated carbocycles. The largest absolute Gasteiger partial charge is 0.488 e. The summed E-state index contributed by atoms with van der Waals surface area (Å²) in [4.78, 5) is 14.4. The average molecular weight is 381 g/mol. The highest BCUT2D eigenvalue weighted by atomic mass is 35.5. The van der Waals surface area contributed by atoms with Crippen molar-refractivity contribution in [2.24, 2.45) is 0 Å². The maximum Gasteiger partial charge on any atom is 0.488 e. The van der Waals surface area contributed by atoms with Crippen LogP contribution in [-0.2, 0) is 0 Å². The molecule has 26 heavy (non-hydrogen) atoms. The molecule has 0 saturated heterocycles. The van der Waals surface area contributed by atoms with Crippen molar-refractivity contribution in [2.45, 2.75) is 40.7 Å². The third-order valence-electron chi connectivity index (χ3n) is 3.20. The molecule has 0 aliphatic rings. The Morgan fingerprint density at radius 3 is 2.12 bits per heavy atom. The van der Waals surface area contributed by atoms with E-state index in [2.05, 4.69) is 4.98 Å². The van der Waals surface area contributed by atoms with Crippen LogP contribution in [0.2, 0.25) is 5.02 Å². The predicted octanol–water partition coefficient (Wildman–Crippen LogP) is 2.72. The Morgan fingerprint density at radius 2 is 1.69 bits per heavy atom. The van der Waals surface area contributed by atoms with Gasteiger partial charge >= 0.3 is 12.8 Å². The van der Waals surface area contributed by atoms with Crippen LogP contribution in [0.15, 0.2) is 24.3 Å². The number of aromatic nitrogens is 1. The normalized spacial score (nSPS) is 10.2. The fourth-order valence-corrected chi connectivity index (χ4v) is 2.31. The molecule has 9 heteroatoms. The van der Waals surface area contributed by atoms with E-state index >= 15 is 0 Å². The zero-order chi connectivity index (χ0) is 20.0. The van der Waals surface area contributed by atoms with Gasteiger partial charge in [0.15, 0.2) is 5.75 Å². The first kappa shape index (κ1) is 21.9. The number of pyridine rings is 1. The number of nitrogens with zero attached hydrogens (tertiary/aromatic N) is 2. The molecule has 1 aromatic carbocycles. The van der Waals surface area contributed by atoms with E-state index in [4.69, 9.17) is 26.4 Å². The number of hydrogen-bond donors (Lipinski definition) is 2. The standard InChI is InChI=1S/C10H12ClNO3.C7H10BNO2/c1-6(2)15-10-5-8(11)7(3)4-9(10)12(13)14;1-5-3-7(8(10)11)4-6(2)9-5/h4-6H,1-3H3;3-4,10-11H,1-2H3. The van der Waals surface area contributed by atoms with Gasteiger partial charge in [-0.15, -0.1) is 0 Å². The number of aryl methyl sites for hydroxylation is 3. The summed E-state index contributed by atoms with van der Waals surface area (Å²) in [6.07, 6.45) is -0.123. The lowest BCUT2D eigenvalue weighted by atomic mass is 9.80. The van der Waals surface area contributed by atoms with Crippen molar-refractivity contribution in [3.63, 3.8) is 0 Å². The van der Waals surface area contributed by atoms with Crippen LogP contribution in [0.1, 0.15) is 30.8 Å². The van der Waals surface area contributed by atoms with Gasteiger partial charge in [-0.2, -0.15) is 0 Å². The molecular weight excluding hydrogens is 358 g/mol.